The number of halogens is 5. The molecule has 0 aliphatic carbocycles. The molecule has 8 nitrogen and oxygen atoms in total. The highest BCUT2D eigenvalue weighted by Gasteiger charge is 2.31. The van der Waals surface area contributed by atoms with E-state index in [0.29, 0.717) is 11.1 Å². The van der Waals surface area contributed by atoms with Gasteiger partial charge in [0.2, 0.25) is 17.6 Å². The molecule has 0 fully saturated rings. The smallest absolute Gasteiger partial charge is 0.408 e. The Labute approximate surface area is 273 Å². The normalized spacial score (nSPS) is 12.7. The molecule has 0 aliphatic rings. The Hall–Kier alpha value is -5.04. The Balaban J connectivity index is 1.60. The van der Waals surface area contributed by atoms with Gasteiger partial charge in [-0.15, -0.1) is 0 Å². The van der Waals surface area contributed by atoms with Gasteiger partial charge in [-0.05, 0) is 49.1 Å². The molecule has 2 atom stereocenters. The monoisotopic (exact) mass is 671 g/mol. The van der Waals surface area contributed by atoms with E-state index in [9.17, 15) is 36.3 Å². The summed E-state index contributed by atoms with van der Waals surface area (Å²) in [5.74, 6) is -12.7. The SMILES string of the molecule is CC(C)(C)OC(=O)NC(Cc1ccc2ccccc2c1)C(=O)N[C@@H](CC(=O)NOCc1ccccc1)Cc1c(F)c(F)c(F)c(F)c1F. The van der Waals surface area contributed by atoms with Crippen LogP contribution in [0.25, 0.3) is 10.8 Å². The Morgan fingerprint density at radius 2 is 1.31 bits per heavy atom. The van der Waals surface area contributed by atoms with Crippen molar-refractivity contribution in [2.24, 2.45) is 0 Å². The highest BCUT2D eigenvalue weighted by Crippen LogP contribution is 2.25. The van der Waals surface area contributed by atoms with Gasteiger partial charge in [0, 0.05) is 24.4 Å². The summed E-state index contributed by atoms with van der Waals surface area (Å²) in [5.41, 5.74) is 1.31. The van der Waals surface area contributed by atoms with Crippen molar-refractivity contribution in [3.63, 3.8) is 0 Å². The van der Waals surface area contributed by atoms with Crippen LogP contribution in [0.5, 0.6) is 0 Å². The molecule has 4 rings (SSSR count). The van der Waals surface area contributed by atoms with Crippen molar-refractivity contribution in [2.75, 3.05) is 0 Å². The molecule has 48 heavy (non-hydrogen) atoms. The van der Waals surface area contributed by atoms with Gasteiger partial charge in [0.1, 0.15) is 11.6 Å². The van der Waals surface area contributed by atoms with Gasteiger partial charge in [-0.1, -0.05) is 72.8 Å². The molecule has 4 aromatic rings. The number of carbonyl (C=O) groups excluding carboxylic acids is 3. The lowest BCUT2D eigenvalue weighted by atomic mass is 9.98. The molecule has 0 bridgehead atoms. The van der Waals surface area contributed by atoms with Crippen molar-refractivity contribution in [2.45, 2.75) is 64.3 Å². The van der Waals surface area contributed by atoms with E-state index in [1.165, 1.54) is 0 Å². The van der Waals surface area contributed by atoms with E-state index in [4.69, 9.17) is 9.57 Å². The Bertz CT molecular complexity index is 1750. The molecule has 0 saturated carbocycles. The van der Waals surface area contributed by atoms with E-state index >= 15 is 0 Å². The third-order valence-corrected chi connectivity index (χ3v) is 7.06. The second-order valence-corrected chi connectivity index (χ2v) is 12.0. The molecule has 0 spiro atoms. The highest BCUT2D eigenvalue weighted by atomic mass is 19.2. The minimum Gasteiger partial charge on any atom is -0.444 e. The maximum atomic E-state index is 14.7. The molecule has 13 heteroatoms. The minimum atomic E-state index is -2.35. The van der Waals surface area contributed by atoms with E-state index in [1.807, 2.05) is 30.3 Å². The lowest BCUT2D eigenvalue weighted by Gasteiger charge is -2.26. The van der Waals surface area contributed by atoms with Crippen molar-refractivity contribution in [1.82, 2.24) is 16.1 Å². The summed E-state index contributed by atoms with van der Waals surface area (Å²) < 4.78 is 76.6. The second-order valence-electron chi connectivity index (χ2n) is 12.0. The Morgan fingerprint density at radius 3 is 1.96 bits per heavy atom. The van der Waals surface area contributed by atoms with Crippen molar-refractivity contribution in [3.05, 3.63) is 119 Å². The van der Waals surface area contributed by atoms with E-state index in [1.54, 1.807) is 63.2 Å². The minimum absolute atomic E-state index is 0.0467. The Kier molecular flexibility index (Phi) is 11.7. The zero-order chi connectivity index (χ0) is 35.0. The van der Waals surface area contributed by atoms with Gasteiger partial charge in [-0.2, -0.15) is 0 Å². The first-order chi connectivity index (χ1) is 22.7. The van der Waals surface area contributed by atoms with Crippen LogP contribution in [0.2, 0.25) is 0 Å². The molecule has 0 aromatic heterocycles. The van der Waals surface area contributed by atoms with Crippen LogP contribution in [0.15, 0.2) is 72.8 Å². The molecule has 3 N–H and O–H groups in total. The van der Waals surface area contributed by atoms with Crippen LogP contribution in [-0.2, 0) is 38.6 Å². The summed E-state index contributed by atoms with van der Waals surface area (Å²) in [5, 5.41) is 6.69. The molecular weight excluding hydrogens is 637 g/mol. The third-order valence-electron chi connectivity index (χ3n) is 7.06. The van der Waals surface area contributed by atoms with Crippen LogP contribution in [0.1, 0.15) is 43.9 Å². The average Bonchev–Trinajstić information content (AvgIpc) is 3.04. The predicted molar refractivity (Wildman–Crippen MR) is 167 cm³/mol. The number of fused-ring (bicyclic) bond motifs is 1. The quantitative estimate of drug-likeness (QED) is 0.0706. The largest absolute Gasteiger partial charge is 0.444 e. The van der Waals surface area contributed by atoms with Gasteiger partial charge in [-0.25, -0.2) is 32.2 Å². The van der Waals surface area contributed by atoms with E-state index in [2.05, 4.69) is 16.1 Å². The van der Waals surface area contributed by atoms with Crippen LogP contribution >= 0.6 is 0 Å². The predicted octanol–water partition coefficient (Wildman–Crippen LogP) is 6.34. The summed E-state index contributed by atoms with van der Waals surface area (Å²) in [6.45, 7) is 4.80. The van der Waals surface area contributed by atoms with E-state index < -0.39 is 83.1 Å². The van der Waals surface area contributed by atoms with Crippen LogP contribution in [-0.4, -0.2) is 35.6 Å². The number of carbonyl (C=O) groups is 3. The summed E-state index contributed by atoms with van der Waals surface area (Å²) >= 11 is 0. The number of hydrogen-bond acceptors (Lipinski definition) is 5. The highest BCUT2D eigenvalue weighted by molar-refractivity contribution is 5.88. The zero-order valence-corrected chi connectivity index (χ0v) is 26.3. The first-order valence-corrected chi connectivity index (χ1v) is 14.9. The molecule has 0 radical (unpaired) electrons. The molecule has 0 saturated heterocycles. The number of nitrogens with one attached hydrogen (secondary N) is 3. The molecule has 1 unspecified atom stereocenters. The van der Waals surface area contributed by atoms with E-state index in [-0.39, 0.29) is 13.0 Å². The van der Waals surface area contributed by atoms with Gasteiger partial charge >= 0.3 is 6.09 Å². The molecule has 0 heterocycles. The second kappa shape index (κ2) is 15.7. The van der Waals surface area contributed by atoms with Gasteiger partial charge in [0.05, 0.1) is 6.61 Å². The average molecular weight is 672 g/mol. The lowest BCUT2D eigenvalue weighted by molar-refractivity contribution is -0.135. The first kappa shape index (κ1) is 35.8. The molecule has 3 amide bonds. The molecule has 4 aromatic carbocycles. The van der Waals surface area contributed by atoms with Gasteiger partial charge in [0.25, 0.3) is 0 Å². The van der Waals surface area contributed by atoms with Crippen molar-refractivity contribution in [3.8, 4) is 0 Å². The van der Waals surface area contributed by atoms with Gasteiger partial charge < -0.3 is 15.4 Å². The fourth-order valence-electron chi connectivity index (χ4n) is 4.85. The first-order valence-electron chi connectivity index (χ1n) is 14.9. The van der Waals surface area contributed by atoms with Gasteiger partial charge in [-0.3, -0.25) is 14.4 Å². The number of rotatable bonds is 12. The number of amides is 3. The maximum Gasteiger partial charge on any atom is 0.408 e. The zero-order valence-electron chi connectivity index (χ0n) is 26.3. The van der Waals surface area contributed by atoms with Crippen LogP contribution in [0.3, 0.4) is 0 Å². The number of hydroxylamine groups is 1. The fourth-order valence-corrected chi connectivity index (χ4v) is 4.85. The molecule has 254 valence electrons. The van der Waals surface area contributed by atoms with Gasteiger partial charge in [0.15, 0.2) is 23.3 Å². The summed E-state index contributed by atoms with van der Waals surface area (Å²) in [4.78, 5) is 44.5. The number of benzene rings is 4. The summed E-state index contributed by atoms with van der Waals surface area (Å²) in [6, 6.07) is 18.6. The van der Waals surface area contributed by atoms with Crippen molar-refractivity contribution in [1.29, 1.82) is 0 Å². The number of ether oxygens (including phenoxy) is 1. The molecule has 0 aliphatic heterocycles. The fraction of sp³-hybridized carbons (Fsp3) is 0.286. The van der Waals surface area contributed by atoms with Crippen LogP contribution in [0.4, 0.5) is 26.7 Å². The van der Waals surface area contributed by atoms with E-state index in [0.717, 1.165) is 10.8 Å². The van der Waals surface area contributed by atoms with Crippen molar-refractivity contribution >= 4 is 28.7 Å². The van der Waals surface area contributed by atoms with Crippen LogP contribution < -0.4 is 16.1 Å². The topological polar surface area (TPSA) is 106 Å². The van der Waals surface area contributed by atoms with Crippen molar-refractivity contribution < 1.29 is 45.9 Å². The molecular formula is C35H34F5N3O5. The summed E-state index contributed by atoms with van der Waals surface area (Å²) in [6.07, 6.45) is -2.71. The standard InChI is InChI=1S/C35H34F5N3O5/c1-35(2,3)48-34(46)42-26(16-21-13-14-22-11-7-8-12-23(22)15-21)33(45)41-24(17-25-28(36)30(38)32(40)31(39)29(25)37)18-27(44)43-47-19-20-9-5-4-6-10-20/h4-15,24,26H,16-19H2,1-3H3,(H,41,45)(H,42,46)(H,43,44)/t24-,26?/m1/s1. The third kappa shape index (κ3) is 9.74. The number of hydrogen-bond donors (Lipinski definition) is 3. The Morgan fingerprint density at radius 1 is 0.708 bits per heavy atom. The van der Waals surface area contributed by atoms with Crippen LogP contribution in [0, 0.1) is 29.1 Å². The number of alkyl carbamates (subject to hydrolysis) is 1. The lowest BCUT2D eigenvalue weighted by Crippen LogP contribution is -2.52. The maximum absolute atomic E-state index is 14.7. The summed E-state index contributed by atoms with van der Waals surface area (Å²) in [7, 11) is 0.